The second-order valence-corrected chi connectivity index (χ2v) is 5.78. The number of para-hydroxylation sites is 1. The minimum absolute atomic E-state index is 0.384. The maximum absolute atomic E-state index is 5.76. The van der Waals surface area contributed by atoms with Crippen molar-refractivity contribution in [3.63, 3.8) is 0 Å². The van der Waals surface area contributed by atoms with Crippen LogP contribution in [-0.4, -0.2) is 26.4 Å². The molecule has 0 amide bonds. The molecule has 1 aliphatic heterocycles. The fraction of sp³-hybridized carbons (Fsp3) is 0.625. The molecule has 2 aliphatic rings. The van der Waals surface area contributed by atoms with Crippen molar-refractivity contribution in [1.82, 2.24) is 5.32 Å². The molecule has 3 heteroatoms. The van der Waals surface area contributed by atoms with Crippen LogP contribution in [0.3, 0.4) is 0 Å². The molecule has 1 aliphatic carbocycles. The summed E-state index contributed by atoms with van der Waals surface area (Å²) in [5.74, 6) is 2.37. The van der Waals surface area contributed by atoms with Gasteiger partial charge in [-0.15, -0.1) is 0 Å². The third-order valence-electron chi connectivity index (χ3n) is 3.99. The zero-order chi connectivity index (χ0) is 13.1. The van der Waals surface area contributed by atoms with Gasteiger partial charge in [0.2, 0.25) is 0 Å². The number of fused-ring (bicyclic) bond motifs is 1. The molecule has 3 nitrogen and oxygen atoms in total. The van der Waals surface area contributed by atoms with Crippen molar-refractivity contribution in [2.24, 2.45) is 11.8 Å². The first-order valence-electron chi connectivity index (χ1n) is 7.37. The Balaban J connectivity index is 1.50. The topological polar surface area (TPSA) is 30.5 Å². The van der Waals surface area contributed by atoms with Crippen molar-refractivity contribution in [3.05, 3.63) is 29.8 Å². The highest BCUT2D eigenvalue weighted by molar-refractivity contribution is 5.37. The summed E-state index contributed by atoms with van der Waals surface area (Å²) in [5, 5.41) is 3.62. The predicted octanol–water partition coefficient (Wildman–Crippen LogP) is 2.77. The molecule has 2 unspecified atom stereocenters. The minimum Gasteiger partial charge on any atom is -0.493 e. The molecular formula is C16H23NO2. The molecule has 104 valence electrons. The van der Waals surface area contributed by atoms with E-state index in [1.165, 1.54) is 18.4 Å². The van der Waals surface area contributed by atoms with E-state index in [1.807, 2.05) is 6.07 Å². The van der Waals surface area contributed by atoms with Gasteiger partial charge in [-0.05, 0) is 24.8 Å². The van der Waals surface area contributed by atoms with Crippen molar-refractivity contribution < 1.29 is 9.47 Å². The number of rotatable bonds is 6. The highest BCUT2D eigenvalue weighted by atomic mass is 16.5. The van der Waals surface area contributed by atoms with Crippen LogP contribution < -0.4 is 10.1 Å². The number of nitrogens with one attached hydrogen (secondary N) is 1. The maximum Gasteiger partial charge on any atom is 0.124 e. The molecule has 1 fully saturated rings. The third kappa shape index (κ3) is 3.28. The SMILES string of the molecule is CC1COc2ccccc2C1NCCOCC1CC1. The monoisotopic (exact) mass is 261 g/mol. The number of hydrogen-bond acceptors (Lipinski definition) is 3. The Labute approximate surface area is 115 Å². The number of hydrogen-bond donors (Lipinski definition) is 1. The Morgan fingerprint density at radius 2 is 2.16 bits per heavy atom. The van der Waals surface area contributed by atoms with Crippen LogP contribution in [0.1, 0.15) is 31.4 Å². The van der Waals surface area contributed by atoms with Crippen LogP contribution >= 0.6 is 0 Å². The summed E-state index contributed by atoms with van der Waals surface area (Å²) in [5.41, 5.74) is 1.28. The van der Waals surface area contributed by atoms with Crippen molar-refractivity contribution in [1.29, 1.82) is 0 Å². The summed E-state index contributed by atoms with van der Waals surface area (Å²) in [6.07, 6.45) is 2.72. The lowest BCUT2D eigenvalue weighted by Gasteiger charge is -2.32. The Morgan fingerprint density at radius 3 is 3.00 bits per heavy atom. The van der Waals surface area contributed by atoms with Gasteiger partial charge < -0.3 is 14.8 Å². The summed E-state index contributed by atoms with van der Waals surface area (Å²) in [7, 11) is 0. The van der Waals surface area contributed by atoms with Gasteiger partial charge in [0.1, 0.15) is 5.75 Å². The van der Waals surface area contributed by atoms with Crippen LogP contribution in [0.25, 0.3) is 0 Å². The van der Waals surface area contributed by atoms with Crippen LogP contribution in [0.5, 0.6) is 5.75 Å². The molecule has 1 saturated carbocycles. The summed E-state index contributed by atoms with van der Waals surface area (Å²) in [4.78, 5) is 0. The zero-order valence-corrected chi connectivity index (χ0v) is 11.6. The van der Waals surface area contributed by atoms with Gasteiger partial charge in [-0.2, -0.15) is 0 Å². The van der Waals surface area contributed by atoms with E-state index in [0.717, 1.165) is 38.0 Å². The van der Waals surface area contributed by atoms with E-state index in [-0.39, 0.29) is 0 Å². The van der Waals surface area contributed by atoms with Crippen molar-refractivity contribution in [2.45, 2.75) is 25.8 Å². The zero-order valence-electron chi connectivity index (χ0n) is 11.6. The Hall–Kier alpha value is -1.06. The van der Waals surface area contributed by atoms with Crippen LogP contribution in [-0.2, 0) is 4.74 Å². The van der Waals surface area contributed by atoms with E-state index in [2.05, 4.69) is 30.4 Å². The second kappa shape index (κ2) is 5.93. The largest absolute Gasteiger partial charge is 0.493 e. The molecular weight excluding hydrogens is 238 g/mol. The minimum atomic E-state index is 0.384. The maximum atomic E-state index is 5.76. The van der Waals surface area contributed by atoms with E-state index in [1.54, 1.807) is 0 Å². The fourth-order valence-electron chi connectivity index (χ4n) is 2.63. The van der Waals surface area contributed by atoms with Crippen LogP contribution in [0.4, 0.5) is 0 Å². The van der Waals surface area contributed by atoms with E-state index < -0.39 is 0 Å². The highest BCUT2D eigenvalue weighted by Gasteiger charge is 2.27. The van der Waals surface area contributed by atoms with Gasteiger partial charge in [-0.25, -0.2) is 0 Å². The standard InChI is InChI=1S/C16H23NO2/c1-12-10-19-15-5-3-2-4-14(15)16(12)17-8-9-18-11-13-6-7-13/h2-5,12-13,16-17H,6-11H2,1H3. The van der Waals surface area contributed by atoms with Crippen molar-refractivity contribution in [2.75, 3.05) is 26.4 Å². The van der Waals surface area contributed by atoms with Gasteiger partial charge in [-0.3, -0.25) is 0 Å². The smallest absolute Gasteiger partial charge is 0.124 e. The second-order valence-electron chi connectivity index (χ2n) is 5.78. The van der Waals surface area contributed by atoms with Crippen LogP contribution in [0, 0.1) is 11.8 Å². The van der Waals surface area contributed by atoms with E-state index in [4.69, 9.17) is 9.47 Å². The first kappa shape index (κ1) is 12.9. The molecule has 1 aromatic rings. The van der Waals surface area contributed by atoms with Gasteiger partial charge in [0.15, 0.2) is 0 Å². The van der Waals surface area contributed by atoms with E-state index >= 15 is 0 Å². The first-order chi connectivity index (χ1) is 9.34. The summed E-state index contributed by atoms with van der Waals surface area (Å²) in [6.45, 7) is 5.69. The molecule has 0 spiro atoms. The molecule has 0 saturated heterocycles. The lowest BCUT2D eigenvalue weighted by Crippen LogP contribution is -2.35. The van der Waals surface area contributed by atoms with Crippen LogP contribution in [0.2, 0.25) is 0 Å². The molecule has 3 rings (SSSR count). The number of benzene rings is 1. The Kier molecular flexibility index (Phi) is 4.04. The Morgan fingerprint density at radius 1 is 1.32 bits per heavy atom. The van der Waals surface area contributed by atoms with E-state index in [0.29, 0.717) is 12.0 Å². The molecule has 1 N–H and O–H groups in total. The van der Waals surface area contributed by atoms with Crippen molar-refractivity contribution >= 4 is 0 Å². The van der Waals surface area contributed by atoms with Gasteiger partial charge in [0, 0.05) is 30.7 Å². The average molecular weight is 261 g/mol. The summed E-state index contributed by atoms with van der Waals surface area (Å²) < 4.78 is 11.4. The summed E-state index contributed by atoms with van der Waals surface area (Å²) >= 11 is 0. The summed E-state index contributed by atoms with van der Waals surface area (Å²) in [6, 6.07) is 8.71. The molecule has 2 atom stereocenters. The number of ether oxygens (including phenoxy) is 2. The van der Waals surface area contributed by atoms with Gasteiger partial charge in [-0.1, -0.05) is 25.1 Å². The molecule has 0 aromatic heterocycles. The normalized spacial score (nSPS) is 25.7. The third-order valence-corrected chi connectivity index (χ3v) is 3.99. The lowest BCUT2D eigenvalue weighted by atomic mass is 9.92. The van der Waals surface area contributed by atoms with Gasteiger partial charge in [0.25, 0.3) is 0 Å². The van der Waals surface area contributed by atoms with Gasteiger partial charge in [0.05, 0.1) is 13.2 Å². The predicted molar refractivity (Wildman–Crippen MR) is 75.4 cm³/mol. The quantitative estimate of drug-likeness (QED) is 0.799. The van der Waals surface area contributed by atoms with E-state index in [9.17, 15) is 0 Å². The molecule has 0 radical (unpaired) electrons. The molecule has 0 bridgehead atoms. The van der Waals surface area contributed by atoms with Crippen molar-refractivity contribution in [3.8, 4) is 5.75 Å². The average Bonchev–Trinajstić information content (AvgIpc) is 3.25. The lowest BCUT2D eigenvalue weighted by molar-refractivity contribution is 0.117. The molecule has 1 heterocycles. The van der Waals surface area contributed by atoms with Gasteiger partial charge >= 0.3 is 0 Å². The fourth-order valence-corrected chi connectivity index (χ4v) is 2.63. The molecule has 1 aromatic carbocycles. The molecule has 19 heavy (non-hydrogen) atoms. The highest BCUT2D eigenvalue weighted by Crippen LogP contribution is 2.34. The first-order valence-corrected chi connectivity index (χ1v) is 7.37. The Bertz CT molecular complexity index is 417. The van der Waals surface area contributed by atoms with Crippen LogP contribution in [0.15, 0.2) is 24.3 Å².